The Hall–Kier alpha value is -3.30. The highest BCUT2D eigenvalue weighted by Gasteiger charge is 2.21. The summed E-state index contributed by atoms with van der Waals surface area (Å²) in [5.74, 6) is 0.0970. The molecular weight excluding hydrogens is 446 g/mol. The molecule has 0 saturated carbocycles. The first-order valence-corrected chi connectivity index (χ1v) is 11.2. The number of rotatable bonds is 7. The monoisotopic (exact) mass is 465 g/mol. The molecule has 1 aromatic carbocycles. The van der Waals surface area contributed by atoms with Crippen molar-refractivity contribution in [3.05, 3.63) is 88.2 Å². The predicted octanol–water partition coefficient (Wildman–Crippen LogP) is 3.94. The maximum absolute atomic E-state index is 12.9. The Morgan fingerprint density at radius 2 is 1.88 bits per heavy atom. The van der Waals surface area contributed by atoms with Gasteiger partial charge in [0, 0.05) is 41.1 Å². The summed E-state index contributed by atoms with van der Waals surface area (Å²) >= 11 is 7.46. The summed E-state index contributed by atoms with van der Waals surface area (Å²) in [5, 5.41) is 12.5. The Kier molecular flexibility index (Phi) is 6.77. The molecule has 32 heavy (non-hydrogen) atoms. The molecule has 1 N–H and O–H groups in total. The molecule has 0 unspecified atom stereocenters. The van der Waals surface area contributed by atoms with E-state index in [2.05, 4.69) is 30.6 Å². The van der Waals surface area contributed by atoms with Crippen LogP contribution in [0.25, 0.3) is 5.69 Å². The zero-order valence-electron chi connectivity index (χ0n) is 17.5. The van der Waals surface area contributed by atoms with E-state index in [1.54, 1.807) is 29.2 Å². The van der Waals surface area contributed by atoms with Crippen molar-refractivity contribution in [1.82, 2.24) is 35.3 Å². The number of thioether (sulfide) groups is 1. The number of hydrogen-bond donors (Lipinski definition) is 1. The minimum atomic E-state index is -0.314. The van der Waals surface area contributed by atoms with Crippen LogP contribution in [0.1, 0.15) is 33.1 Å². The second-order valence-corrected chi connectivity index (χ2v) is 8.42. The first-order chi connectivity index (χ1) is 15.5. The molecule has 0 aliphatic heterocycles. The Morgan fingerprint density at radius 1 is 1.12 bits per heavy atom. The first kappa shape index (κ1) is 21.9. The van der Waals surface area contributed by atoms with Gasteiger partial charge in [0.2, 0.25) is 0 Å². The lowest BCUT2D eigenvalue weighted by molar-refractivity contribution is 0.0945. The van der Waals surface area contributed by atoms with Gasteiger partial charge in [-0.15, -0.1) is 5.10 Å². The van der Waals surface area contributed by atoms with E-state index in [-0.39, 0.29) is 11.6 Å². The number of aryl methyl sites for hydroxylation is 2. The van der Waals surface area contributed by atoms with Gasteiger partial charge in [0.05, 0.1) is 11.4 Å². The normalized spacial score (nSPS) is 10.8. The second-order valence-electron chi connectivity index (χ2n) is 7.04. The maximum Gasteiger partial charge on any atom is 0.274 e. The average molecular weight is 466 g/mol. The highest BCUT2D eigenvalue weighted by molar-refractivity contribution is 7.98. The van der Waals surface area contributed by atoms with Crippen molar-refractivity contribution >= 4 is 29.3 Å². The summed E-state index contributed by atoms with van der Waals surface area (Å²) in [6.45, 7) is 4.19. The van der Waals surface area contributed by atoms with Crippen LogP contribution in [-0.4, -0.2) is 35.9 Å². The molecule has 0 radical (unpaired) electrons. The van der Waals surface area contributed by atoms with Gasteiger partial charge >= 0.3 is 0 Å². The summed E-state index contributed by atoms with van der Waals surface area (Å²) in [6.07, 6.45) is 3.40. The summed E-state index contributed by atoms with van der Waals surface area (Å²) in [5.41, 5.74) is 4.32. The summed E-state index contributed by atoms with van der Waals surface area (Å²) in [4.78, 5) is 26.0. The zero-order valence-corrected chi connectivity index (χ0v) is 19.1. The van der Waals surface area contributed by atoms with E-state index in [0.717, 1.165) is 22.6 Å². The molecule has 0 bridgehead atoms. The van der Waals surface area contributed by atoms with Gasteiger partial charge in [0.1, 0.15) is 0 Å². The van der Waals surface area contributed by atoms with E-state index in [4.69, 9.17) is 11.6 Å². The van der Waals surface area contributed by atoms with Gasteiger partial charge in [-0.1, -0.05) is 34.6 Å². The Labute approximate surface area is 194 Å². The molecule has 8 nitrogen and oxygen atoms in total. The molecule has 1 amide bonds. The number of benzene rings is 1. The van der Waals surface area contributed by atoms with Crippen LogP contribution in [0.2, 0.25) is 5.02 Å². The highest BCUT2D eigenvalue weighted by Crippen LogP contribution is 2.24. The molecule has 4 rings (SSSR count). The van der Waals surface area contributed by atoms with Crippen LogP contribution in [0.15, 0.2) is 60.0 Å². The number of aromatic nitrogens is 6. The lowest BCUT2D eigenvalue weighted by Gasteiger charge is -2.09. The van der Waals surface area contributed by atoms with Crippen molar-refractivity contribution in [1.29, 1.82) is 0 Å². The standard InChI is InChI=1S/C22H20ClN7OS/c1-14-10-15(2)27-22(26-14)32-13-19-20(21(31)25-12-16-4-3-9-24-11-16)28-29-30(19)18-7-5-17(23)6-8-18/h3-11H,12-13H2,1-2H3,(H,25,31). The fourth-order valence-electron chi connectivity index (χ4n) is 3.06. The highest BCUT2D eigenvalue weighted by atomic mass is 35.5. The second kappa shape index (κ2) is 9.88. The van der Waals surface area contributed by atoms with Crippen molar-refractivity contribution < 1.29 is 4.79 Å². The smallest absolute Gasteiger partial charge is 0.274 e. The zero-order chi connectivity index (χ0) is 22.5. The van der Waals surface area contributed by atoms with Crippen LogP contribution in [0.3, 0.4) is 0 Å². The number of carbonyl (C=O) groups excluding carboxylic acids is 1. The maximum atomic E-state index is 12.9. The van der Waals surface area contributed by atoms with Crippen molar-refractivity contribution in [3.63, 3.8) is 0 Å². The van der Waals surface area contributed by atoms with Gasteiger partial charge in [0.15, 0.2) is 10.9 Å². The number of halogens is 1. The molecule has 3 heterocycles. The lowest BCUT2D eigenvalue weighted by Crippen LogP contribution is -2.24. The van der Waals surface area contributed by atoms with E-state index in [1.165, 1.54) is 11.8 Å². The van der Waals surface area contributed by atoms with Crippen molar-refractivity contribution in [2.24, 2.45) is 0 Å². The molecule has 0 aliphatic rings. The van der Waals surface area contributed by atoms with Gasteiger partial charge < -0.3 is 5.32 Å². The van der Waals surface area contributed by atoms with Gasteiger partial charge in [-0.3, -0.25) is 9.78 Å². The van der Waals surface area contributed by atoms with Crippen LogP contribution in [0.5, 0.6) is 0 Å². The predicted molar refractivity (Wildman–Crippen MR) is 123 cm³/mol. The summed E-state index contributed by atoms with van der Waals surface area (Å²) < 4.78 is 1.64. The molecule has 0 fully saturated rings. The molecule has 0 atom stereocenters. The fraction of sp³-hybridized carbons (Fsp3) is 0.182. The summed E-state index contributed by atoms with van der Waals surface area (Å²) in [6, 6.07) is 12.8. The number of pyridine rings is 1. The van der Waals surface area contributed by atoms with E-state index < -0.39 is 0 Å². The van der Waals surface area contributed by atoms with Crippen LogP contribution < -0.4 is 5.32 Å². The first-order valence-electron chi connectivity index (χ1n) is 9.82. The molecule has 0 aliphatic carbocycles. The molecular formula is C22H20ClN7OS. The van der Waals surface area contributed by atoms with Crippen LogP contribution in [0, 0.1) is 13.8 Å². The SMILES string of the molecule is Cc1cc(C)nc(SCc2c(C(=O)NCc3cccnc3)nnn2-c2ccc(Cl)cc2)n1. The van der Waals surface area contributed by atoms with Gasteiger partial charge in [-0.25, -0.2) is 14.6 Å². The van der Waals surface area contributed by atoms with E-state index >= 15 is 0 Å². The minimum Gasteiger partial charge on any atom is -0.346 e. The summed E-state index contributed by atoms with van der Waals surface area (Å²) in [7, 11) is 0. The van der Waals surface area contributed by atoms with Gasteiger partial charge in [0.25, 0.3) is 5.91 Å². The number of amides is 1. The lowest BCUT2D eigenvalue weighted by atomic mass is 10.2. The Morgan fingerprint density at radius 3 is 2.56 bits per heavy atom. The van der Waals surface area contributed by atoms with E-state index in [9.17, 15) is 4.79 Å². The third-order valence-corrected chi connectivity index (χ3v) is 5.64. The third kappa shape index (κ3) is 5.30. The topological polar surface area (TPSA) is 98.5 Å². The largest absolute Gasteiger partial charge is 0.346 e. The van der Waals surface area contributed by atoms with E-state index in [0.29, 0.717) is 28.2 Å². The van der Waals surface area contributed by atoms with Gasteiger partial charge in [-0.2, -0.15) is 0 Å². The molecule has 10 heteroatoms. The molecule has 162 valence electrons. The van der Waals surface area contributed by atoms with Gasteiger partial charge in [-0.05, 0) is 55.8 Å². The number of nitrogens with one attached hydrogen (secondary N) is 1. The Bertz CT molecular complexity index is 1210. The van der Waals surface area contributed by atoms with Crippen molar-refractivity contribution in [2.75, 3.05) is 0 Å². The third-order valence-electron chi connectivity index (χ3n) is 4.53. The number of nitrogens with zero attached hydrogens (tertiary/aromatic N) is 6. The molecule has 0 spiro atoms. The van der Waals surface area contributed by atoms with Crippen LogP contribution in [0.4, 0.5) is 0 Å². The minimum absolute atomic E-state index is 0.251. The molecule has 3 aromatic heterocycles. The van der Waals surface area contributed by atoms with Crippen LogP contribution in [-0.2, 0) is 12.3 Å². The molecule has 0 saturated heterocycles. The van der Waals surface area contributed by atoms with E-state index in [1.807, 2.05) is 44.2 Å². The molecule has 4 aromatic rings. The fourth-order valence-corrected chi connectivity index (χ4v) is 4.12. The number of hydrogen-bond acceptors (Lipinski definition) is 7. The van der Waals surface area contributed by atoms with Crippen LogP contribution >= 0.6 is 23.4 Å². The average Bonchev–Trinajstić information content (AvgIpc) is 3.20. The number of carbonyl (C=O) groups is 1. The van der Waals surface area contributed by atoms with Crippen molar-refractivity contribution in [3.8, 4) is 5.69 Å². The quantitative estimate of drug-likeness (QED) is 0.326. The Balaban J connectivity index is 1.61. The van der Waals surface area contributed by atoms with Crippen molar-refractivity contribution in [2.45, 2.75) is 31.3 Å².